The van der Waals surface area contributed by atoms with E-state index in [1.165, 1.54) is 16.8 Å². The molecule has 172 valence electrons. The first kappa shape index (κ1) is 26.9. The number of hydrogen-bond donors (Lipinski definition) is 1. The molecule has 0 saturated heterocycles. The van der Waals surface area contributed by atoms with Gasteiger partial charge in [0.15, 0.2) is 17.5 Å². The van der Waals surface area contributed by atoms with Crippen LogP contribution in [-0.2, 0) is 12.8 Å². The van der Waals surface area contributed by atoms with E-state index in [0.29, 0.717) is 0 Å². The fraction of sp³-hybridized carbons (Fsp3) is 0.458. The highest BCUT2D eigenvalue weighted by Crippen LogP contribution is 2.27. The lowest BCUT2D eigenvalue weighted by atomic mass is 10.1. The molecular weight excluding hydrogens is 503 g/mol. The molecule has 2 aromatic carbocycles. The van der Waals surface area contributed by atoms with Gasteiger partial charge < -0.3 is 24.6 Å². The monoisotopic (exact) mass is 540 g/mol. The van der Waals surface area contributed by atoms with Crippen LogP contribution in [0.3, 0.4) is 0 Å². The van der Waals surface area contributed by atoms with E-state index in [2.05, 4.69) is 71.6 Å². The molecule has 1 N–H and O–H groups in total. The number of benzene rings is 2. The number of halogens is 1. The van der Waals surface area contributed by atoms with Crippen LogP contribution in [-0.4, -0.2) is 66.4 Å². The quantitative estimate of drug-likeness (QED) is 0.213. The Kier molecular flexibility index (Phi) is 12.1. The van der Waals surface area contributed by atoms with Crippen LogP contribution in [0.4, 0.5) is 5.69 Å². The van der Waals surface area contributed by atoms with E-state index in [1.54, 1.807) is 14.2 Å². The summed E-state index contributed by atoms with van der Waals surface area (Å²) in [6.45, 7) is 1.75. The number of aryl methyl sites for hydroxylation is 1. The van der Waals surface area contributed by atoms with Crippen molar-refractivity contribution in [1.82, 2.24) is 10.2 Å². The molecule has 31 heavy (non-hydrogen) atoms. The molecule has 0 radical (unpaired) electrons. The van der Waals surface area contributed by atoms with Crippen LogP contribution in [0.2, 0.25) is 0 Å². The summed E-state index contributed by atoms with van der Waals surface area (Å²) in [7, 11) is 11.3. The molecular formula is C24H37IN4O2. The second kappa shape index (κ2) is 14.0. The lowest BCUT2D eigenvalue weighted by Gasteiger charge is -2.22. The fourth-order valence-electron chi connectivity index (χ4n) is 3.28. The van der Waals surface area contributed by atoms with Crippen LogP contribution in [0.25, 0.3) is 0 Å². The van der Waals surface area contributed by atoms with Gasteiger partial charge >= 0.3 is 0 Å². The molecule has 0 saturated carbocycles. The molecule has 0 spiro atoms. The van der Waals surface area contributed by atoms with Gasteiger partial charge in [-0.25, -0.2) is 0 Å². The third kappa shape index (κ3) is 8.47. The summed E-state index contributed by atoms with van der Waals surface area (Å²) >= 11 is 0. The maximum absolute atomic E-state index is 5.40. The van der Waals surface area contributed by atoms with Gasteiger partial charge in [0.1, 0.15) is 0 Å². The number of aliphatic imine (C=N–C) groups is 1. The standard InChI is InChI=1S/C24H36N4O2.HI/c1-25-24(26-16-7-8-19-9-12-21(13-10-19)27(2)3)28(4)17-15-20-11-14-22(29-5)23(18-20)30-6;/h9-14,18H,7-8,15-17H2,1-6H3,(H,25,26);1H. The summed E-state index contributed by atoms with van der Waals surface area (Å²) in [6, 6.07) is 14.8. The molecule has 0 fully saturated rings. The van der Waals surface area contributed by atoms with Crippen molar-refractivity contribution in [3.05, 3.63) is 53.6 Å². The van der Waals surface area contributed by atoms with Crippen molar-refractivity contribution < 1.29 is 9.47 Å². The van der Waals surface area contributed by atoms with Crippen LogP contribution < -0.4 is 19.7 Å². The van der Waals surface area contributed by atoms with Gasteiger partial charge in [0.2, 0.25) is 0 Å². The molecule has 0 aliphatic heterocycles. The molecule has 7 heteroatoms. The molecule has 0 aliphatic rings. The van der Waals surface area contributed by atoms with Gasteiger partial charge in [-0.15, -0.1) is 24.0 Å². The molecule has 0 unspecified atom stereocenters. The van der Waals surface area contributed by atoms with E-state index in [0.717, 1.165) is 49.8 Å². The summed E-state index contributed by atoms with van der Waals surface area (Å²) in [5.74, 6) is 2.43. The highest BCUT2D eigenvalue weighted by Gasteiger charge is 2.08. The molecule has 0 amide bonds. The Morgan fingerprint density at radius 3 is 2.13 bits per heavy atom. The predicted molar refractivity (Wildman–Crippen MR) is 142 cm³/mol. The highest BCUT2D eigenvalue weighted by molar-refractivity contribution is 14.0. The number of anilines is 1. The first-order valence-electron chi connectivity index (χ1n) is 10.4. The normalized spacial score (nSPS) is 10.8. The largest absolute Gasteiger partial charge is 0.493 e. The molecule has 0 heterocycles. The number of likely N-dealkylation sites (N-methyl/N-ethyl adjacent to an activating group) is 1. The predicted octanol–water partition coefficient (Wildman–Crippen LogP) is 4.07. The number of guanidine groups is 1. The van der Waals surface area contributed by atoms with Gasteiger partial charge in [-0.1, -0.05) is 18.2 Å². The molecule has 2 rings (SSSR count). The Balaban J connectivity index is 0.00000480. The zero-order chi connectivity index (χ0) is 21.9. The fourth-order valence-corrected chi connectivity index (χ4v) is 3.28. The van der Waals surface area contributed by atoms with Crippen molar-refractivity contribution >= 4 is 35.6 Å². The first-order chi connectivity index (χ1) is 14.5. The summed E-state index contributed by atoms with van der Waals surface area (Å²) in [5.41, 5.74) is 3.80. The second-order valence-corrected chi connectivity index (χ2v) is 7.50. The summed E-state index contributed by atoms with van der Waals surface area (Å²) in [4.78, 5) is 8.69. The zero-order valence-electron chi connectivity index (χ0n) is 19.6. The minimum absolute atomic E-state index is 0. The number of methoxy groups -OCH3 is 2. The van der Waals surface area contributed by atoms with Crippen LogP contribution in [0, 0.1) is 0 Å². The highest BCUT2D eigenvalue weighted by atomic mass is 127. The van der Waals surface area contributed by atoms with Gasteiger partial charge in [0.25, 0.3) is 0 Å². The van der Waals surface area contributed by atoms with Gasteiger partial charge in [0, 0.05) is 47.0 Å². The van der Waals surface area contributed by atoms with Crippen molar-refractivity contribution in [2.45, 2.75) is 19.3 Å². The number of rotatable bonds is 10. The number of nitrogens with one attached hydrogen (secondary N) is 1. The maximum Gasteiger partial charge on any atom is 0.193 e. The van der Waals surface area contributed by atoms with Gasteiger partial charge in [-0.05, 0) is 54.7 Å². The van der Waals surface area contributed by atoms with E-state index in [4.69, 9.17) is 9.47 Å². The van der Waals surface area contributed by atoms with Crippen molar-refractivity contribution in [3.8, 4) is 11.5 Å². The third-order valence-electron chi connectivity index (χ3n) is 5.14. The summed E-state index contributed by atoms with van der Waals surface area (Å²) < 4.78 is 10.7. The van der Waals surface area contributed by atoms with E-state index < -0.39 is 0 Å². The minimum Gasteiger partial charge on any atom is -0.493 e. The van der Waals surface area contributed by atoms with Crippen LogP contribution in [0.15, 0.2) is 47.5 Å². The van der Waals surface area contributed by atoms with Gasteiger partial charge in [-0.2, -0.15) is 0 Å². The van der Waals surface area contributed by atoms with Crippen molar-refractivity contribution in [1.29, 1.82) is 0 Å². The van der Waals surface area contributed by atoms with Crippen molar-refractivity contribution in [2.75, 3.05) is 60.4 Å². The number of ether oxygens (including phenoxy) is 2. The average molecular weight is 540 g/mol. The molecule has 2 aromatic rings. The Morgan fingerprint density at radius 2 is 1.55 bits per heavy atom. The number of nitrogens with zero attached hydrogens (tertiary/aromatic N) is 3. The van der Waals surface area contributed by atoms with Crippen molar-refractivity contribution in [3.63, 3.8) is 0 Å². The van der Waals surface area contributed by atoms with Crippen LogP contribution >= 0.6 is 24.0 Å². The zero-order valence-corrected chi connectivity index (χ0v) is 22.0. The molecule has 0 aliphatic carbocycles. The Hall–Kier alpha value is -2.16. The Bertz CT molecular complexity index is 810. The second-order valence-electron chi connectivity index (χ2n) is 7.50. The smallest absolute Gasteiger partial charge is 0.193 e. The number of hydrogen-bond acceptors (Lipinski definition) is 4. The first-order valence-corrected chi connectivity index (χ1v) is 10.4. The van der Waals surface area contributed by atoms with E-state index in [9.17, 15) is 0 Å². The lowest BCUT2D eigenvalue weighted by molar-refractivity contribution is 0.354. The van der Waals surface area contributed by atoms with Crippen molar-refractivity contribution in [2.24, 2.45) is 4.99 Å². The maximum atomic E-state index is 5.40. The third-order valence-corrected chi connectivity index (χ3v) is 5.14. The SMILES string of the molecule is CN=C(NCCCc1ccc(N(C)C)cc1)N(C)CCc1ccc(OC)c(OC)c1.I. The molecule has 0 bridgehead atoms. The Labute approximate surface area is 204 Å². The van der Waals surface area contributed by atoms with Gasteiger partial charge in [0.05, 0.1) is 14.2 Å². The van der Waals surface area contributed by atoms with Crippen LogP contribution in [0.5, 0.6) is 11.5 Å². The topological polar surface area (TPSA) is 49.3 Å². The van der Waals surface area contributed by atoms with Crippen LogP contribution in [0.1, 0.15) is 17.5 Å². The Morgan fingerprint density at radius 1 is 0.903 bits per heavy atom. The minimum atomic E-state index is 0. The molecule has 0 aromatic heterocycles. The molecule has 6 nitrogen and oxygen atoms in total. The van der Waals surface area contributed by atoms with E-state index >= 15 is 0 Å². The van der Waals surface area contributed by atoms with Gasteiger partial charge in [-0.3, -0.25) is 4.99 Å². The van der Waals surface area contributed by atoms with E-state index in [-0.39, 0.29) is 24.0 Å². The van der Waals surface area contributed by atoms with E-state index in [1.807, 2.05) is 19.2 Å². The summed E-state index contributed by atoms with van der Waals surface area (Å²) in [6.07, 6.45) is 3.01. The average Bonchev–Trinajstić information content (AvgIpc) is 2.77. The lowest BCUT2D eigenvalue weighted by Crippen LogP contribution is -2.40. The molecule has 0 atom stereocenters. The summed E-state index contributed by atoms with van der Waals surface area (Å²) in [5, 5.41) is 3.47.